The predicted octanol–water partition coefficient (Wildman–Crippen LogP) is 2.98. The maximum absolute atomic E-state index is 14.4. The molecule has 1 aromatic carbocycles. The summed E-state index contributed by atoms with van der Waals surface area (Å²) in [5, 5.41) is 19.5. The second-order valence-electron chi connectivity index (χ2n) is 9.24. The summed E-state index contributed by atoms with van der Waals surface area (Å²) < 4.78 is 17.0. The van der Waals surface area contributed by atoms with Crippen LogP contribution in [0.5, 0.6) is 0 Å². The first kappa shape index (κ1) is 26.4. The SMILES string of the molecule is CC(=O)c1nn(CC(=O)N2C[C@H](F)C[C@H]2C(=O)Nc2cccc(Br)n2)c2ccc(-c3cnc(C)[n+]([O-])c3)cc12. The number of aryl methyl sites for hydroxylation is 1. The van der Waals surface area contributed by atoms with Gasteiger partial charge >= 0.3 is 0 Å². The van der Waals surface area contributed by atoms with Crippen LogP contribution in [0.4, 0.5) is 10.2 Å². The van der Waals surface area contributed by atoms with E-state index in [0.717, 1.165) is 0 Å². The molecule has 200 valence electrons. The first-order valence-electron chi connectivity index (χ1n) is 12.1. The van der Waals surface area contributed by atoms with Crippen LogP contribution >= 0.6 is 15.9 Å². The van der Waals surface area contributed by atoms with Crippen molar-refractivity contribution in [1.82, 2.24) is 24.6 Å². The number of pyridine rings is 1. The van der Waals surface area contributed by atoms with Gasteiger partial charge in [0.1, 0.15) is 41.1 Å². The molecule has 1 saturated heterocycles. The summed E-state index contributed by atoms with van der Waals surface area (Å²) in [5.41, 5.74) is 1.85. The number of nitrogens with zero attached hydrogens (tertiary/aromatic N) is 6. The van der Waals surface area contributed by atoms with E-state index < -0.39 is 24.0 Å². The summed E-state index contributed by atoms with van der Waals surface area (Å²) in [4.78, 5) is 48.1. The highest BCUT2D eigenvalue weighted by Crippen LogP contribution is 2.28. The number of carbonyl (C=O) groups excluding carboxylic acids is 3. The molecule has 39 heavy (non-hydrogen) atoms. The van der Waals surface area contributed by atoms with Crippen LogP contribution in [0, 0.1) is 12.1 Å². The van der Waals surface area contributed by atoms with E-state index in [1.807, 2.05) is 0 Å². The highest BCUT2D eigenvalue weighted by molar-refractivity contribution is 9.10. The molecule has 5 rings (SSSR count). The molecule has 11 nitrogen and oxygen atoms in total. The van der Waals surface area contributed by atoms with Crippen LogP contribution in [0.2, 0.25) is 0 Å². The Labute approximate surface area is 230 Å². The van der Waals surface area contributed by atoms with Gasteiger partial charge in [0.05, 0.1) is 17.6 Å². The van der Waals surface area contributed by atoms with Crippen molar-refractivity contribution in [2.75, 3.05) is 11.9 Å². The number of rotatable bonds is 6. The third-order valence-electron chi connectivity index (χ3n) is 6.51. The van der Waals surface area contributed by atoms with E-state index in [9.17, 15) is 24.0 Å². The summed E-state index contributed by atoms with van der Waals surface area (Å²) in [6.07, 6.45) is 1.44. The van der Waals surface area contributed by atoms with Crippen LogP contribution in [-0.4, -0.2) is 61.0 Å². The van der Waals surface area contributed by atoms with Crippen molar-refractivity contribution in [2.24, 2.45) is 0 Å². The molecule has 2 amide bonds. The molecule has 0 saturated carbocycles. The molecule has 13 heteroatoms. The minimum atomic E-state index is -1.36. The minimum absolute atomic E-state index is 0.141. The average Bonchev–Trinajstić information content (AvgIpc) is 3.46. The number of Topliss-reactive ketones (excluding diaryl/α,β-unsaturated/α-hetero) is 1. The molecule has 1 fully saturated rings. The number of carbonyl (C=O) groups is 3. The Morgan fingerprint density at radius 2 is 2.03 bits per heavy atom. The zero-order chi connectivity index (χ0) is 27.8. The van der Waals surface area contributed by atoms with E-state index in [1.165, 1.54) is 22.7 Å². The van der Waals surface area contributed by atoms with Crippen molar-refractivity contribution in [3.05, 3.63) is 70.1 Å². The van der Waals surface area contributed by atoms with Gasteiger partial charge in [0.25, 0.3) is 5.82 Å². The molecular weight excluding hydrogens is 573 g/mol. The molecule has 4 heterocycles. The first-order chi connectivity index (χ1) is 18.6. The monoisotopic (exact) mass is 595 g/mol. The van der Waals surface area contributed by atoms with E-state index in [0.29, 0.717) is 37.2 Å². The number of alkyl halides is 1. The van der Waals surface area contributed by atoms with Gasteiger partial charge in [-0.2, -0.15) is 5.10 Å². The molecule has 0 spiro atoms. The molecule has 0 radical (unpaired) electrons. The van der Waals surface area contributed by atoms with Gasteiger partial charge in [-0.3, -0.25) is 19.1 Å². The average molecular weight is 596 g/mol. The summed E-state index contributed by atoms with van der Waals surface area (Å²) in [6, 6.07) is 9.09. The smallest absolute Gasteiger partial charge is 0.298 e. The minimum Gasteiger partial charge on any atom is -0.711 e. The van der Waals surface area contributed by atoms with Crippen molar-refractivity contribution in [1.29, 1.82) is 0 Å². The lowest BCUT2D eigenvalue weighted by Crippen LogP contribution is -2.44. The summed E-state index contributed by atoms with van der Waals surface area (Å²) in [5.74, 6) is -0.803. The Hall–Kier alpha value is -4.26. The third kappa shape index (κ3) is 5.35. The van der Waals surface area contributed by atoms with Gasteiger partial charge in [-0.15, -0.1) is 0 Å². The zero-order valence-electron chi connectivity index (χ0n) is 21.0. The Bertz CT molecular complexity index is 1630. The van der Waals surface area contributed by atoms with Gasteiger partial charge in [0, 0.05) is 25.7 Å². The normalized spacial score (nSPS) is 17.0. The second-order valence-corrected chi connectivity index (χ2v) is 10.1. The van der Waals surface area contributed by atoms with Gasteiger partial charge in [-0.05, 0) is 45.8 Å². The number of benzene rings is 1. The molecule has 1 N–H and O–H groups in total. The number of hydrogen-bond acceptors (Lipinski definition) is 7. The molecule has 0 bridgehead atoms. The molecule has 2 atom stereocenters. The van der Waals surface area contributed by atoms with Gasteiger partial charge in [-0.25, -0.2) is 14.1 Å². The fourth-order valence-corrected chi connectivity index (χ4v) is 4.92. The lowest BCUT2D eigenvalue weighted by molar-refractivity contribution is -0.615. The van der Waals surface area contributed by atoms with E-state index in [1.54, 1.807) is 49.5 Å². The van der Waals surface area contributed by atoms with Crippen LogP contribution < -0.4 is 10.0 Å². The Morgan fingerprint density at radius 3 is 2.74 bits per heavy atom. The summed E-state index contributed by atoms with van der Waals surface area (Å²) in [7, 11) is 0. The molecule has 4 aromatic rings. The number of likely N-dealkylation sites (tertiary alicyclic amines) is 1. The Morgan fingerprint density at radius 1 is 1.23 bits per heavy atom. The van der Waals surface area contributed by atoms with Crippen LogP contribution in [-0.2, 0) is 16.1 Å². The highest BCUT2D eigenvalue weighted by atomic mass is 79.9. The molecule has 3 aromatic heterocycles. The van der Waals surface area contributed by atoms with Gasteiger partial charge in [-0.1, -0.05) is 17.1 Å². The second kappa shape index (κ2) is 10.5. The predicted molar refractivity (Wildman–Crippen MR) is 142 cm³/mol. The van der Waals surface area contributed by atoms with Crippen molar-refractivity contribution in [2.45, 2.75) is 39.0 Å². The van der Waals surface area contributed by atoms with Crippen molar-refractivity contribution < 1.29 is 23.5 Å². The molecular formula is C26H23BrFN7O4. The van der Waals surface area contributed by atoms with Gasteiger partial charge in [0.15, 0.2) is 12.0 Å². The number of ketones is 1. The summed E-state index contributed by atoms with van der Waals surface area (Å²) >= 11 is 3.23. The van der Waals surface area contributed by atoms with E-state index >= 15 is 0 Å². The number of nitrogens with one attached hydrogen (secondary N) is 1. The van der Waals surface area contributed by atoms with E-state index in [-0.39, 0.29) is 36.8 Å². The standard InChI is InChI=1S/C26H23BrFN7O4/c1-14(36)25-19-8-16(17-10-29-15(2)35(39)11-17)6-7-20(19)34(32-25)13-24(37)33-12-18(28)9-21(33)26(38)31-23-5-3-4-22(27)30-23/h3-8,10-11,18,21H,9,12-13H2,1-2H3,(H,30,31,38)/t18-,21+/m1/s1. The molecule has 0 aliphatic carbocycles. The van der Waals surface area contributed by atoms with Crippen molar-refractivity contribution >= 4 is 50.2 Å². The molecule has 1 aliphatic rings. The molecule has 0 unspecified atom stereocenters. The highest BCUT2D eigenvalue weighted by Gasteiger charge is 2.40. The first-order valence-corrected chi connectivity index (χ1v) is 12.8. The number of anilines is 1. The topological polar surface area (TPSA) is 137 Å². The quantitative estimate of drug-likeness (QED) is 0.156. The number of amides is 2. The van der Waals surface area contributed by atoms with E-state index in [4.69, 9.17) is 0 Å². The van der Waals surface area contributed by atoms with Crippen LogP contribution in [0.3, 0.4) is 0 Å². The largest absolute Gasteiger partial charge is 0.711 e. The maximum Gasteiger partial charge on any atom is 0.298 e. The Balaban J connectivity index is 1.42. The number of fused-ring (bicyclic) bond motifs is 1. The molecule has 1 aliphatic heterocycles. The maximum atomic E-state index is 14.4. The lowest BCUT2D eigenvalue weighted by Gasteiger charge is -2.23. The number of halogens is 2. The Kier molecular flexibility index (Phi) is 7.08. The van der Waals surface area contributed by atoms with Crippen LogP contribution in [0.25, 0.3) is 22.0 Å². The summed E-state index contributed by atoms with van der Waals surface area (Å²) in [6.45, 7) is 2.42. The van der Waals surface area contributed by atoms with Gasteiger partial charge in [0.2, 0.25) is 11.8 Å². The van der Waals surface area contributed by atoms with Crippen molar-refractivity contribution in [3.8, 4) is 11.1 Å². The van der Waals surface area contributed by atoms with Crippen LogP contribution in [0.1, 0.15) is 29.7 Å². The van der Waals surface area contributed by atoms with Gasteiger partial charge < -0.3 is 15.4 Å². The fourth-order valence-electron chi connectivity index (χ4n) is 4.58. The zero-order valence-corrected chi connectivity index (χ0v) is 22.6. The number of hydrogen-bond donors (Lipinski definition) is 1. The van der Waals surface area contributed by atoms with Crippen LogP contribution in [0.15, 0.2) is 53.4 Å². The van der Waals surface area contributed by atoms with Crippen molar-refractivity contribution in [3.63, 3.8) is 0 Å². The fraction of sp³-hybridized carbons (Fsp3) is 0.269. The lowest BCUT2D eigenvalue weighted by atomic mass is 10.0. The number of aromatic nitrogens is 5. The third-order valence-corrected chi connectivity index (χ3v) is 6.95. The van der Waals surface area contributed by atoms with E-state index in [2.05, 4.69) is 36.3 Å².